The van der Waals surface area contributed by atoms with Crippen LogP contribution in [-0.2, 0) is 0 Å². The van der Waals surface area contributed by atoms with Crippen molar-refractivity contribution in [2.24, 2.45) is 0 Å². The molecule has 0 heterocycles. The maximum absolute atomic E-state index is 13.3. The van der Waals surface area contributed by atoms with Crippen molar-refractivity contribution in [2.45, 2.75) is 57.0 Å². The molecule has 0 radical (unpaired) electrons. The minimum atomic E-state index is -0.159. The first-order valence-corrected chi connectivity index (χ1v) is 8.26. The van der Waals surface area contributed by atoms with E-state index in [2.05, 4.69) is 31.2 Å². The van der Waals surface area contributed by atoms with Gasteiger partial charge in [-0.3, -0.25) is 0 Å². The van der Waals surface area contributed by atoms with Crippen LogP contribution in [0.4, 0.5) is 4.39 Å². The summed E-state index contributed by atoms with van der Waals surface area (Å²) in [5.41, 5.74) is 1.33. The van der Waals surface area contributed by atoms with Crippen LogP contribution in [0.25, 0.3) is 0 Å². The third-order valence-corrected chi connectivity index (χ3v) is 5.01. The predicted molar refractivity (Wildman–Crippen MR) is 86.9 cm³/mol. The Kier molecular flexibility index (Phi) is 5.77. The highest BCUT2D eigenvalue weighted by atomic mass is 19.1. The van der Waals surface area contributed by atoms with Crippen molar-refractivity contribution in [1.29, 1.82) is 0 Å². The van der Waals surface area contributed by atoms with Crippen LogP contribution in [0.1, 0.15) is 57.1 Å². The van der Waals surface area contributed by atoms with E-state index in [1.807, 2.05) is 12.1 Å². The SMILES string of the molecule is CCNC(c1ccc(F)cc1)C1(N(C)C)CCCCCC1. The average molecular weight is 292 g/mol. The van der Waals surface area contributed by atoms with Gasteiger partial charge in [0.05, 0.1) is 6.04 Å². The summed E-state index contributed by atoms with van der Waals surface area (Å²) in [6.45, 7) is 3.08. The molecule has 0 bridgehead atoms. The first-order valence-electron chi connectivity index (χ1n) is 8.26. The minimum absolute atomic E-state index is 0.129. The number of nitrogens with zero attached hydrogens (tertiary/aromatic N) is 1. The van der Waals surface area contributed by atoms with Gasteiger partial charge in [0, 0.05) is 5.54 Å². The molecule has 0 aromatic heterocycles. The van der Waals surface area contributed by atoms with Gasteiger partial charge in [0.1, 0.15) is 5.82 Å². The van der Waals surface area contributed by atoms with Crippen LogP contribution in [0.3, 0.4) is 0 Å². The summed E-state index contributed by atoms with van der Waals surface area (Å²) in [4.78, 5) is 2.40. The lowest BCUT2D eigenvalue weighted by Crippen LogP contribution is -2.53. The van der Waals surface area contributed by atoms with Crippen LogP contribution < -0.4 is 5.32 Å². The normalized spacial score (nSPS) is 20.2. The van der Waals surface area contributed by atoms with Gasteiger partial charge in [-0.25, -0.2) is 4.39 Å². The molecular weight excluding hydrogens is 263 g/mol. The van der Waals surface area contributed by atoms with Gasteiger partial charge in [-0.05, 0) is 51.2 Å². The molecule has 2 nitrogen and oxygen atoms in total. The van der Waals surface area contributed by atoms with E-state index in [0.29, 0.717) is 0 Å². The minimum Gasteiger partial charge on any atom is -0.309 e. The Bertz CT molecular complexity index is 419. The Morgan fingerprint density at radius 2 is 1.67 bits per heavy atom. The van der Waals surface area contributed by atoms with Gasteiger partial charge in [0.15, 0.2) is 0 Å². The van der Waals surface area contributed by atoms with Crippen LogP contribution in [0, 0.1) is 5.82 Å². The molecule has 2 rings (SSSR count). The lowest BCUT2D eigenvalue weighted by atomic mass is 9.78. The van der Waals surface area contributed by atoms with Crippen LogP contribution >= 0.6 is 0 Å². The molecule has 1 aromatic rings. The van der Waals surface area contributed by atoms with E-state index in [0.717, 1.165) is 6.54 Å². The van der Waals surface area contributed by atoms with Crippen molar-refractivity contribution in [3.05, 3.63) is 35.6 Å². The molecule has 1 N–H and O–H groups in total. The Morgan fingerprint density at radius 1 is 1.10 bits per heavy atom. The second-order valence-electron chi connectivity index (χ2n) is 6.45. The predicted octanol–water partition coefficient (Wildman–Crippen LogP) is 4.13. The largest absolute Gasteiger partial charge is 0.309 e. The number of hydrogen-bond donors (Lipinski definition) is 1. The molecular formula is C18H29FN2. The van der Waals surface area contributed by atoms with Crippen molar-refractivity contribution >= 4 is 0 Å². The Balaban J connectivity index is 2.38. The summed E-state index contributed by atoms with van der Waals surface area (Å²) in [5.74, 6) is -0.159. The molecule has 1 aliphatic rings. The van der Waals surface area contributed by atoms with Gasteiger partial charge in [0.25, 0.3) is 0 Å². The summed E-state index contributed by atoms with van der Waals surface area (Å²) >= 11 is 0. The molecule has 1 fully saturated rings. The first-order chi connectivity index (χ1) is 10.1. The number of rotatable bonds is 5. The average Bonchev–Trinajstić information content (AvgIpc) is 2.72. The molecule has 1 aromatic carbocycles. The van der Waals surface area contributed by atoms with E-state index in [1.54, 1.807) is 12.1 Å². The maximum Gasteiger partial charge on any atom is 0.123 e. The summed E-state index contributed by atoms with van der Waals surface area (Å²) in [5, 5.41) is 3.67. The van der Waals surface area contributed by atoms with Crippen molar-refractivity contribution in [1.82, 2.24) is 10.2 Å². The fourth-order valence-corrected chi connectivity index (χ4v) is 3.81. The van der Waals surface area contributed by atoms with E-state index < -0.39 is 0 Å². The zero-order chi connectivity index (χ0) is 15.3. The van der Waals surface area contributed by atoms with Crippen LogP contribution in [0.5, 0.6) is 0 Å². The highest BCUT2D eigenvalue weighted by Gasteiger charge is 2.41. The number of likely N-dealkylation sites (N-methyl/N-ethyl adjacent to an activating group) is 2. The monoisotopic (exact) mass is 292 g/mol. The van der Waals surface area contributed by atoms with E-state index in [9.17, 15) is 4.39 Å². The van der Waals surface area contributed by atoms with Crippen molar-refractivity contribution < 1.29 is 4.39 Å². The topological polar surface area (TPSA) is 15.3 Å². The standard InChI is InChI=1S/C18H29FN2/c1-4-20-17(15-9-11-16(19)12-10-15)18(21(2)3)13-7-5-6-8-14-18/h9-12,17,20H,4-8,13-14H2,1-3H3. The van der Waals surface area contributed by atoms with Gasteiger partial charge in [-0.1, -0.05) is 44.7 Å². The molecule has 0 aliphatic heterocycles. The van der Waals surface area contributed by atoms with Gasteiger partial charge in [0.2, 0.25) is 0 Å². The molecule has 0 saturated heterocycles. The van der Waals surface area contributed by atoms with Gasteiger partial charge < -0.3 is 10.2 Å². The van der Waals surface area contributed by atoms with Gasteiger partial charge in [-0.2, -0.15) is 0 Å². The Labute approximate surface area is 128 Å². The molecule has 3 heteroatoms. The quantitative estimate of drug-likeness (QED) is 0.821. The second-order valence-corrected chi connectivity index (χ2v) is 6.45. The maximum atomic E-state index is 13.3. The molecule has 118 valence electrons. The molecule has 0 amide bonds. The fourth-order valence-electron chi connectivity index (χ4n) is 3.81. The van der Waals surface area contributed by atoms with Crippen molar-refractivity contribution in [3.63, 3.8) is 0 Å². The number of nitrogens with one attached hydrogen (secondary N) is 1. The molecule has 1 atom stereocenters. The van der Waals surface area contributed by atoms with Crippen LogP contribution in [-0.4, -0.2) is 31.1 Å². The van der Waals surface area contributed by atoms with E-state index in [4.69, 9.17) is 0 Å². The number of hydrogen-bond acceptors (Lipinski definition) is 2. The highest BCUT2D eigenvalue weighted by Crippen LogP contribution is 2.41. The van der Waals surface area contributed by atoms with Crippen LogP contribution in [0.2, 0.25) is 0 Å². The summed E-state index contributed by atoms with van der Waals surface area (Å²) in [6, 6.07) is 7.31. The van der Waals surface area contributed by atoms with Gasteiger partial charge in [-0.15, -0.1) is 0 Å². The highest BCUT2D eigenvalue weighted by molar-refractivity contribution is 5.24. The Hall–Kier alpha value is -0.930. The van der Waals surface area contributed by atoms with Gasteiger partial charge >= 0.3 is 0 Å². The fraction of sp³-hybridized carbons (Fsp3) is 0.667. The molecule has 21 heavy (non-hydrogen) atoms. The van der Waals surface area contributed by atoms with Crippen molar-refractivity contribution in [3.8, 4) is 0 Å². The van der Waals surface area contributed by atoms with Crippen LogP contribution in [0.15, 0.2) is 24.3 Å². The third kappa shape index (κ3) is 3.64. The van der Waals surface area contributed by atoms with Crippen molar-refractivity contribution in [2.75, 3.05) is 20.6 Å². The zero-order valence-corrected chi connectivity index (χ0v) is 13.7. The van der Waals surface area contributed by atoms with E-state index in [1.165, 1.54) is 44.1 Å². The Morgan fingerprint density at radius 3 is 2.14 bits per heavy atom. The number of halogens is 1. The smallest absolute Gasteiger partial charge is 0.123 e. The third-order valence-electron chi connectivity index (χ3n) is 5.01. The first kappa shape index (κ1) is 16.4. The summed E-state index contributed by atoms with van der Waals surface area (Å²) in [6.07, 6.45) is 7.63. The van der Waals surface area contributed by atoms with E-state index >= 15 is 0 Å². The molecule has 0 spiro atoms. The van der Waals surface area contributed by atoms with E-state index in [-0.39, 0.29) is 17.4 Å². The second kappa shape index (κ2) is 7.37. The molecule has 1 unspecified atom stereocenters. The lowest BCUT2D eigenvalue weighted by molar-refractivity contribution is 0.0806. The summed E-state index contributed by atoms with van der Waals surface area (Å²) in [7, 11) is 4.39. The molecule has 1 saturated carbocycles. The lowest BCUT2D eigenvalue weighted by Gasteiger charge is -2.46. The summed E-state index contributed by atoms with van der Waals surface area (Å²) < 4.78 is 13.3. The zero-order valence-electron chi connectivity index (χ0n) is 13.7. The molecule has 1 aliphatic carbocycles. The number of benzene rings is 1.